The highest BCUT2D eigenvalue weighted by molar-refractivity contribution is 5.92. The summed E-state index contributed by atoms with van der Waals surface area (Å²) >= 11 is 0. The summed E-state index contributed by atoms with van der Waals surface area (Å²) in [4.78, 5) is 11.9. The molecule has 0 radical (unpaired) electrons. The number of amides is 1. The molecule has 0 aromatic heterocycles. The minimum absolute atomic E-state index is 0.0504. The number of hydrogen-bond acceptors (Lipinski definition) is 2. The fourth-order valence-electron chi connectivity index (χ4n) is 3.32. The van der Waals surface area contributed by atoms with Crippen molar-refractivity contribution in [1.82, 2.24) is 5.01 Å². The summed E-state index contributed by atoms with van der Waals surface area (Å²) in [6.07, 6.45) is 5.96. The molecule has 0 saturated heterocycles. The van der Waals surface area contributed by atoms with Crippen LogP contribution in [0, 0.1) is 5.92 Å². The van der Waals surface area contributed by atoms with Gasteiger partial charge in [-0.25, -0.2) is 5.01 Å². The highest BCUT2D eigenvalue weighted by atomic mass is 16.2. The molecule has 0 bridgehead atoms. The van der Waals surface area contributed by atoms with Gasteiger partial charge in [0.15, 0.2) is 0 Å². The van der Waals surface area contributed by atoms with Crippen LogP contribution in [0.3, 0.4) is 0 Å². The lowest BCUT2D eigenvalue weighted by molar-refractivity contribution is -0.131. The van der Waals surface area contributed by atoms with Gasteiger partial charge in [-0.2, -0.15) is 5.10 Å². The fraction of sp³-hybridized carbons (Fsp3) is 0.500. The Morgan fingerprint density at radius 2 is 2.00 bits per heavy atom. The van der Waals surface area contributed by atoms with E-state index in [9.17, 15) is 4.79 Å². The second-order valence-corrected chi connectivity index (χ2v) is 5.52. The Morgan fingerprint density at radius 3 is 2.74 bits per heavy atom. The van der Waals surface area contributed by atoms with Crippen molar-refractivity contribution in [1.29, 1.82) is 0 Å². The van der Waals surface area contributed by atoms with E-state index in [1.165, 1.54) is 30.5 Å². The van der Waals surface area contributed by atoms with Crippen molar-refractivity contribution in [3.05, 3.63) is 35.9 Å². The molecule has 100 valence electrons. The van der Waals surface area contributed by atoms with Crippen molar-refractivity contribution in [2.45, 2.75) is 45.1 Å². The molecule has 1 fully saturated rings. The molecule has 3 heteroatoms. The van der Waals surface area contributed by atoms with E-state index in [-0.39, 0.29) is 11.9 Å². The van der Waals surface area contributed by atoms with Gasteiger partial charge in [0.1, 0.15) is 0 Å². The van der Waals surface area contributed by atoms with E-state index in [1.807, 2.05) is 18.2 Å². The third kappa shape index (κ3) is 2.29. The summed E-state index contributed by atoms with van der Waals surface area (Å²) in [7, 11) is 0. The van der Waals surface area contributed by atoms with Crippen LogP contribution in [0.5, 0.6) is 0 Å². The van der Waals surface area contributed by atoms with Gasteiger partial charge in [0.2, 0.25) is 5.91 Å². The van der Waals surface area contributed by atoms with Gasteiger partial charge in [-0.3, -0.25) is 4.79 Å². The van der Waals surface area contributed by atoms with E-state index in [2.05, 4.69) is 17.2 Å². The van der Waals surface area contributed by atoms with E-state index >= 15 is 0 Å². The minimum atomic E-state index is 0.0504. The molecule has 2 aliphatic rings. The average molecular weight is 256 g/mol. The van der Waals surface area contributed by atoms with Crippen LogP contribution >= 0.6 is 0 Å². The second-order valence-electron chi connectivity index (χ2n) is 5.52. The molecule has 1 heterocycles. The Morgan fingerprint density at radius 1 is 1.21 bits per heavy atom. The molecule has 3 rings (SSSR count). The molecule has 1 saturated carbocycles. The van der Waals surface area contributed by atoms with Crippen molar-refractivity contribution in [2.75, 3.05) is 0 Å². The van der Waals surface area contributed by atoms with E-state index in [4.69, 9.17) is 0 Å². The van der Waals surface area contributed by atoms with E-state index in [1.54, 1.807) is 11.9 Å². The average Bonchev–Trinajstić information content (AvgIpc) is 2.64. The lowest BCUT2D eigenvalue weighted by atomic mass is 9.87. The van der Waals surface area contributed by atoms with E-state index < -0.39 is 0 Å². The van der Waals surface area contributed by atoms with Gasteiger partial charge in [-0.05, 0) is 24.8 Å². The van der Waals surface area contributed by atoms with Crippen molar-refractivity contribution >= 4 is 11.6 Å². The third-order valence-corrected chi connectivity index (χ3v) is 4.22. The van der Waals surface area contributed by atoms with Gasteiger partial charge in [0.05, 0.1) is 6.04 Å². The normalized spacial score (nSPS) is 26.6. The number of hydrogen-bond donors (Lipinski definition) is 0. The maximum atomic E-state index is 11.9. The first kappa shape index (κ1) is 12.4. The molecular weight excluding hydrogens is 236 g/mol. The first-order valence-electron chi connectivity index (χ1n) is 7.19. The second kappa shape index (κ2) is 5.16. The predicted molar refractivity (Wildman–Crippen MR) is 75.7 cm³/mol. The molecule has 1 aliphatic heterocycles. The maximum absolute atomic E-state index is 11.9. The van der Waals surface area contributed by atoms with Crippen LogP contribution in [0.2, 0.25) is 0 Å². The van der Waals surface area contributed by atoms with Gasteiger partial charge >= 0.3 is 0 Å². The SMILES string of the molecule is CC(=O)N1N=C2CCCCC[C@H]2[C@@H]1c1ccccc1. The summed E-state index contributed by atoms with van der Waals surface area (Å²) in [5.41, 5.74) is 2.45. The lowest BCUT2D eigenvalue weighted by Crippen LogP contribution is -2.28. The fourth-order valence-corrected chi connectivity index (χ4v) is 3.32. The third-order valence-electron chi connectivity index (χ3n) is 4.22. The van der Waals surface area contributed by atoms with Gasteiger partial charge in [0.25, 0.3) is 0 Å². The van der Waals surface area contributed by atoms with Crippen molar-refractivity contribution < 1.29 is 4.79 Å². The quantitative estimate of drug-likeness (QED) is 0.756. The summed E-state index contributed by atoms with van der Waals surface area (Å²) in [6, 6.07) is 10.5. The molecule has 1 amide bonds. The van der Waals surface area contributed by atoms with Gasteiger partial charge < -0.3 is 0 Å². The Kier molecular flexibility index (Phi) is 3.36. The highest BCUT2D eigenvalue weighted by Gasteiger charge is 2.39. The van der Waals surface area contributed by atoms with Crippen molar-refractivity contribution in [3.8, 4) is 0 Å². The number of nitrogens with zero attached hydrogens (tertiary/aromatic N) is 2. The van der Waals surface area contributed by atoms with Crippen molar-refractivity contribution in [3.63, 3.8) is 0 Å². The number of carbonyl (C=O) groups is 1. The zero-order valence-corrected chi connectivity index (χ0v) is 11.4. The standard InChI is InChI=1S/C16H20N2O/c1-12(19)18-16(13-8-4-2-5-9-13)14-10-6-3-7-11-15(14)17-18/h2,4-5,8-9,14,16H,3,6-7,10-11H2,1H3/t14-,16+/m1/s1. The Hall–Kier alpha value is -1.64. The van der Waals surface area contributed by atoms with Gasteiger partial charge in [0, 0.05) is 18.6 Å². The van der Waals surface area contributed by atoms with E-state index in [0.717, 1.165) is 12.8 Å². The Bertz CT molecular complexity index is 495. The van der Waals surface area contributed by atoms with Crippen LogP contribution in [-0.2, 0) is 4.79 Å². The van der Waals surface area contributed by atoms with Crippen LogP contribution in [0.15, 0.2) is 35.4 Å². The monoisotopic (exact) mass is 256 g/mol. The molecule has 0 N–H and O–H groups in total. The molecular formula is C16H20N2O. The summed E-state index contributed by atoms with van der Waals surface area (Å²) in [5, 5.41) is 6.34. The maximum Gasteiger partial charge on any atom is 0.240 e. The minimum Gasteiger partial charge on any atom is -0.273 e. The zero-order chi connectivity index (χ0) is 13.2. The molecule has 1 aromatic carbocycles. The molecule has 3 nitrogen and oxygen atoms in total. The number of hydrazone groups is 1. The molecule has 1 aliphatic carbocycles. The highest BCUT2D eigenvalue weighted by Crippen LogP contribution is 2.41. The molecule has 0 spiro atoms. The number of benzene rings is 1. The van der Waals surface area contributed by atoms with Crippen molar-refractivity contribution in [2.24, 2.45) is 11.0 Å². The summed E-state index contributed by atoms with van der Waals surface area (Å²) in [6.45, 7) is 1.62. The zero-order valence-electron chi connectivity index (χ0n) is 11.4. The first-order chi connectivity index (χ1) is 9.27. The largest absolute Gasteiger partial charge is 0.273 e. The lowest BCUT2D eigenvalue weighted by Gasteiger charge is -2.26. The van der Waals surface area contributed by atoms with E-state index in [0.29, 0.717) is 5.92 Å². The summed E-state index contributed by atoms with van der Waals surface area (Å²) < 4.78 is 0. The molecule has 0 unspecified atom stereocenters. The first-order valence-corrected chi connectivity index (χ1v) is 7.19. The predicted octanol–water partition coefficient (Wildman–Crippen LogP) is 3.53. The number of rotatable bonds is 1. The van der Waals surface area contributed by atoms with Crippen LogP contribution in [0.1, 0.15) is 50.6 Å². The van der Waals surface area contributed by atoms with Crippen LogP contribution < -0.4 is 0 Å². The topological polar surface area (TPSA) is 32.7 Å². The Labute approximate surface area is 114 Å². The molecule has 19 heavy (non-hydrogen) atoms. The van der Waals surface area contributed by atoms with Crippen LogP contribution in [-0.4, -0.2) is 16.6 Å². The smallest absolute Gasteiger partial charge is 0.240 e. The van der Waals surface area contributed by atoms with Crippen LogP contribution in [0.4, 0.5) is 0 Å². The van der Waals surface area contributed by atoms with Crippen LogP contribution in [0.25, 0.3) is 0 Å². The molecule has 1 aromatic rings. The Balaban J connectivity index is 1.98. The number of carbonyl (C=O) groups excluding carboxylic acids is 1. The van der Waals surface area contributed by atoms with Gasteiger partial charge in [-0.15, -0.1) is 0 Å². The summed E-state index contributed by atoms with van der Waals surface area (Å²) in [5.74, 6) is 0.475. The van der Waals surface area contributed by atoms with Gasteiger partial charge in [-0.1, -0.05) is 43.2 Å². The molecule has 2 atom stereocenters. The number of fused-ring (bicyclic) bond motifs is 1.